The third-order valence-corrected chi connectivity index (χ3v) is 4.91. The number of nitrogens with one attached hydrogen (secondary N) is 1. The van der Waals surface area contributed by atoms with Crippen LogP contribution in [0.25, 0.3) is 0 Å². The second kappa shape index (κ2) is 6.71. The number of aliphatic hydroxyl groups is 1. The van der Waals surface area contributed by atoms with Gasteiger partial charge in [0.1, 0.15) is 0 Å². The zero-order chi connectivity index (χ0) is 16.2. The number of hydrogen-bond donors (Lipinski definition) is 2. The molecule has 0 aromatic heterocycles. The molecule has 5 nitrogen and oxygen atoms in total. The molecule has 0 aliphatic rings. The lowest BCUT2D eigenvalue weighted by atomic mass is 10.1. The molecule has 0 fully saturated rings. The van der Waals surface area contributed by atoms with Gasteiger partial charge in [-0.15, -0.1) is 0 Å². The van der Waals surface area contributed by atoms with Crippen LogP contribution in [0.15, 0.2) is 53.4 Å². The average Bonchev–Trinajstić information content (AvgIpc) is 2.53. The zero-order valence-corrected chi connectivity index (χ0v) is 12.8. The molecule has 0 amide bonds. The monoisotopic (exact) mass is 316 g/mol. The van der Waals surface area contributed by atoms with E-state index >= 15 is 0 Å². The van der Waals surface area contributed by atoms with Gasteiger partial charge in [-0.1, -0.05) is 30.3 Å². The molecule has 0 aliphatic carbocycles. The van der Waals surface area contributed by atoms with Gasteiger partial charge in [0.15, 0.2) is 0 Å². The van der Waals surface area contributed by atoms with Crippen LogP contribution in [0.2, 0.25) is 0 Å². The normalized spacial score (nSPS) is 12.6. The van der Waals surface area contributed by atoms with Crippen molar-refractivity contribution >= 4 is 10.0 Å². The van der Waals surface area contributed by atoms with Crippen molar-refractivity contribution in [3.8, 4) is 6.07 Å². The van der Waals surface area contributed by atoms with Gasteiger partial charge in [-0.2, -0.15) is 5.26 Å². The minimum Gasteiger partial charge on any atom is -0.394 e. The van der Waals surface area contributed by atoms with Gasteiger partial charge >= 0.3 is 0 Å². The van der Waals surface area contributed by atoms with Gasteiger partial charge in [0.25, 0.3) is 0 Å². The van der Waals surface area contributed by atoms with E-state index in [0.717, 1.165) is 0 Å². The Hall–Kier alpha value is -2.20. The van der Waals surface area contributed by atoms with E-state index in [-0.39, 0.29) is 11.5 Å². The lowest BCUT2D eigenvalue weighted by molar-refractivity contribution is 0.259. The molecule has 0 saturated heterocycles. The third-order valence-electron chi connectivity index (χ3n) is 3.28. The molecule has 0 radical (unpaired) electrons. The molecule has 0 aliphatic heterocycles. The van der Waals surface area contributed by atoms with Crippen LogP contribution in [0.4, 0.5) is 0 Å². The fourth-order valence-corrected chi connectivity index (χ4v) is 3.61. The van der Waals surface area contributed by atoms with E-state index in [9.17, 15) is 13.5 Å². The number of aliphatic hydroxyl groups excluding tert-OH is 1. The molecule has 0 spiro atoms. The smallest absolute Gasteiger partial charge is 0.241 e. The van der Waals surface area contributed by atoms with Crippen molar-refractivity contribution in [1.29, 1.82) is 5.26 Å². The molecule has 0 bridgehead atoms. The van der Waals surface area contributed by atoms with Crippen molar-refractivity contribution in [3.63, 3.8) is 0 Å². The SMILES string of the molecule is Cc1cc(C#N)ccc1S(=O)(=O)N[C@H](CO)c1ccccc1. The summed E-state index contributed by atoms with van der Waals surface area (Å²) >= 11 is 0. The molecule has 2 N–H and O–H groups in total. The number of rotatable bonds is 5. The fraction of sp³-hybridized carbons (Fsp3) is 0.188. The molecule has 2 aromatic rings. The van der Waals surface area contributed by atoms with Crippen LogP contribution in [-0.2, 0) is 10.0 Å². The molecule has 2 aromatic carbocycles. The average molecular weight is 316 g/mol. The number of aryl methyl sites for hydroxylation is 1. The Kier molecular flexibility index (Phi) is 4.93. The number of sulfonamides is 1. The first-order valence-corrected chi connectivity index (χ1v) is 8.15. The molecule has 2 rings (SSSR count). The Morgan fingerprint density at radius 2 is 1.91 bits per heavy atom. The third kappa shape index (κ3) is 3.52. The Bertz CT molecular complexity index is 796. The van der Waals surface area contributed by atoms with Crippen LogP contribution in [0, 0.1) is 18.3 Å². The van der Waals surface area contributed by atoms with Crippen molar-refractivity contribution in [2.75, 3.05) is 6.61 Å². The number of benzene rings is 2. The first kappa shape index (κ1) is 16.2. The maximum atomic E-state index is 12.5. The van der Waals surface area contributed by atoms with Gasteiger partial charge in [0.05, 0.1) is 29.2 Å². The molecule has 1 atom stereocenters. The van der Waals surface area contributed by atoms with Crippen molar-refractivity contribution in [2.24, 2.45) is 0 Å². The molecule has 0 heterocycles. The minimum atomic E-state index is -3.79. The Morgan fingerprint density at radius 3 is 2.45 bits per heavy atom. The lowest BCUT2D eigenvalue weighted by Gasteiger charge is -2.17. The predicted molar refractivity (Wildman–Crippen MR) is 82.5 cm³/mol. The Morgan fingerprint density at radius 1 is 1.23 bits per heavy atom. The topological polar surface area (TPSA) is 90.2 Å². The molecular weight excluding hydrogens is 300 g/mol. The highest BCUT2D eigenvalue weighted by Gasteiger charge is 2.22. The van der Waals surface area contributed by atoms with Crippen LogP contribution in [0.3, 0.4) is 0 Å². The summed E-state index contributed by atoms with van der Waals surface area (Å²) in [6.07, 6.45) is 0. The number of nitriles is 1. The first-order chi connectivity index (χ1) is 10.5. The first-order valence-electron chi connectivity index (χ1n) is 6.67. The van der Waals surface area contributed by atoms with Crippen LogP contribution < -0.4 is 4.72 Å². The maximum Gasteiger partial charge on any atom is 0.241 e. The van der Waals surface area contributed by atoms with E-state index in [2.05, 4.69) is 4.72 Å². The second-order valence-corrected chi connectivity index (χ2v) is 6.54. The van der Waals surface area contributed by atoms with Crippen molar-refractivity contribution in [2.45, 2.75) is 17.9 Å². The predicted octanol–water partition coefficient (Wildman–Crippen LogP) is 1.88. The standard InChI is InChI=1S/C16H16N2O3S/c1-12-9-13(10-17)7-8-16(12)22(20,21)18-15(11-19)14-5-3-2-4-6-14/h2-9,15,18-19H,11H2,1H3/t15-/m1/s1. The molecule has 22 heavy (non-hydrogen) atoms. The molecule has 114 valence electrons. The van der Waals surface area contributed by atoms with Gasteiger partial charge in [-0.05, 0) is 36.2 Å². The Labute approximate surface area is 129 Å². The van der Waals surface area contributed by atoms with Crippen LogP contribution >= 0.6 is 0 Å². The van der Waals surface area contributed by atoms with Crippen LogP contribution in [-0.4, -0.2) is 20.1 Å². The van der Waals surface area contributed by atoms with E-state index in [1.165, 1.54) is 18.2 Å². The highest BCUT2D eigenvalue weighted by molar-refractivity contribution is 7.89. The van der Waals surface area contributed by atoms with Crippen LogP contribution in [0.1, 0.15) is 22.7 Å². The summed E-state index contributed by atoms with van der Waals surface area (Å²) in [5.41, 5.74) is 1.56. The summed E-state index contributed by atoms with van der Waals surface area (Å²) in [5, 5.41) is 18.3. The zero-order valence-electron chi connectivity index (χ0n) is 12.0. The summed E-state index contributed by atoms with van der Waals surface area (Å²) in [5.74, 6) is 0. The largest absolute Gasteiger partial charge is 0.394 e. The van der Waals surface area contributed by atoms with Crippen molar-refractivity contribution in [3.05, 3.63) is 65.2 Å². The quantitative estimate of drug-likeness (QED) is 0.881. The fourth-order valence-electron chi connectivity index (χ4n) is 2.17. The Balaban J connectivity index is 2.33. The summed E-state index contributed by atoms with van der Waals surface area (Å²) in [7, 11) is -3.79. The summed E-state index contributed by atoms with van der Waals surface area (Å²) in [4.78, 5) is 0.0980. The lowest BCUT2D eigenvalue weighted by Crippen LogP contribution is -2.31. The van der Waals surface area contributed by atoms with Crippen molar-refractivity contribution in [1.82, 2.24) is 4.72 Å². The molecule has 0 unspecified atom stereocenters. The van der Waals surface area contributed by atoms with Gasteiger partial charge in [-0.25, -0.2) is 13.1 Å². The second-order valence-electron chi connectivity index (χ2n) is 4.86. The van der Waals surface area contributed by atoms with E-state index < -0.39 is 16.1 Å². The molecule has 0 saturated carbocycles. The molecule has 6 heteroatoms. The van der Waals surface area contributed by atoms with E-state index in [1.54, 1.807) is 31.2 Å². The van der Waals surface area contributed by atoms with Crippen molar-refractivity contribution < 1.29 is 13.5 Å². The van der Waals surface area contributed by atoms with E-state index in [1.807, 2.05) is 12.1 Å². The summed E-state index contributed by atoms with van der Waals surface area (Å²) < 4.78 is 27.5. The van der Waals surface area contributed by atoms with Gasteiger partial charge < -0.3 is 5.11 Å². The maximum absolute atomic E-state index is 12.5. The van der Waals surface area contributed by atoms with E-state index in [0.29, 0.717) is 16.7 Å². The number of nitrogens with zero attached hydrogens (tertiary/aromatic N) is 1. The summed E-state index contributed by atoms with van der Waals surface area (Å²) in [6.45, 7) is 1.28. The van der Waals surface area contributed by atoms with Gasteiger partial charge in [0.2, 0.25) is 10.0 Å². The minimum absolute atomic E-state index is 0.0980. The highest BCUT2D eigenvalue weighted by Crippen LogP contribution is 2.20. The highest BCUT2D eigenvalue weighted by atomic mass is 32.2. The van der Waals surface area contributed by atoms with Gasteiger partial charge in [0, 0.05) is 0 Å². The summed E-state index contributed by atoms with van der Waals surface area (Å²) in [6, 6.07) is 14.5. The van der Waals surface area contributed by atoms with Crippen LogP contribution in [0.5, 0.6) is 0 Å². The molecular formula is C16H16N2O3S. The van der Waals surface area contributed by atoms with E-state index in [4.69, 9.17) is 5.26 Å². The van der Waals surface area contributed by atoms with Gasteiger partial charge in [-0.3, -0.25) is 0 Å². The number of hydrogen-bond acceptors (Lipinski definition) is 4.